The first-order valence-electron chi connectivity index (χ1n) is 3.65. The molecule has 0 saturated carbocycles. The minimum absolute atomic E-state index is 0.196. The van der Waals surface area contributed by atoms with Crippen LogP contribution >= 0.6 is 0 Å². The van der Waals surface area contributed by atoms with Gasteiger partial charge in [0.05, 0.1) is 0 Å². The molecule has 0 aromatic carbocycles. The molecule has 1 atom stereocenters. The van der Waals surface area contributed by atoms with E-state index < -0.39 is 0 Å². The van der Waals surface area contributed by atoms with E-state index in [1.54, 1.807) is 5.97 Å². The molecule has 0 bridgehead atoms. The maximum absolute atomic E-state index is 10.9. The van der Waals surface area contributed by atoms with Crippen molar-refractivity contribution in [3.63, 3.8) is 0 Å². The third-order valence-electron chi connectivity index (χ3n) is 1.84. The molecule has 53 valence electrons. The van der Waals surface area contributed by atoms with Crippen LogP contribution in [0, 0.1) is 5.92 Å². The number of amides is 1. The standard InChI is InChI=1S/C7H11BNO/c8-4-1-2-6-3-5-9-7(6)10/h4,6H,1-3,5H2,(H,9,10). The van der Waals surface area contributed by atoms with Crippen LogP contribution in [0.15, 0.2) is 0 Å². The van der Waals surface area contributed by atoms with Crippen molar-refractivity contribution in [3.05, 3.63) is 0 Å². The Morgan fingerprint density at radius 1 is 1.80 bits per heavy atom. The van der Waals surface area contributed by atoms with Crippen molar-refractivity contribution >= 4 is 19.4 Å². The van der Waals surface area contributed by atoms with Gasteiger partial charge in [0.1, 0.15) is 0 Å². The van der Waals surface area contributed by atoms with Gasteiger partial charge in [-0.05, 0) is 0 Å². The zero-order chi connectivity index (χ0) is 7.40. The monoisotopic (exact) mass is 136 g/mol. The molecule has 1 heterocycles. The van der Waals surface area contributed by atoms with E-state index in [1.807, 2.05) is 0 Å². The van der Waals surface area contributed by atoms with E-state index in [1.165, 1.54) is 0 Å². The molecule has 1 radical (unpaired) electrons. The Labute approximate surface area is 62.1 Å². The van der Waals surface area contributed by atoms with Crippen LogP contribution in [0.1, 0.15) is 19.3 Å². The first kappa shape index (κ1) is 7.51. The predicted octanol–water partition coefficient (Wildman–Crippen LogP) is -0.127. The van der Waals surface area contributed by atoms with Crippen molar-refractivity contribution in [2.75, 3.05) is 6.54 Å². The summed E-state index contributed by atoms with van der Waals surface area (Å²) < 4.78 is 0. The molecule has 1 saturated heterocycles. The van der Waals surface area contributed by atoms with Crippen LogP contribution in [0.3, 0.4) is 0 Å². The van der Waals surface area contributed by atoms with E-state index in [0.717, 1.165) is 25.8 Å². The van der Waals surface area contributed by atoms with E-state index >= 15 is 0 Å². The number of nitrogens with one attached hydrogen (secondary N) is 1. The van der Waals surface area contributed by atoms with Crippen LogP contribution in [0.5, 0.6) is 0 Å². The number of hydrogen-bond donors (Lipinski definition) is 1. The third kappa shape index (κ3) is 1.69. The van der Waals surface area contributed by atoms with Gasteiger partial charge in [-0.15, -0.1) is 0 Å². The summed E-state index contributed by atoms with van der Waals surface area (Å²) in [5.41, 5.74) is 0. The molecule has 3 heteroatoms. The second-order valence-electron chi connectivity index (χ2n) is 2.59. The molecule has 1 fully saturated rings. The molecule has 10 heavy (non-hydrogen) atoms. The molecule has 1 unspecified atom stereocenters. The van der Waals surface area contributed by atoms with Gasteiger partial charge in [0, 0.05) is 0 Å². The van der Waals surface area contributed by atoms with Crippen molar-refractivity contribution in [1.82, 2.24) is 5.32 Å². The summed E-state index contributed by atoms with van der Waals surface area (Å²) in [5, 5.41) is 2.78. The normalized spacial score (nSPS) is 24.3. The molecule has 2 nitrogen and oxygen atoms in total. The molecule has 1 aliphatic rings. The summed E-state index contributed by atoms with van der Waals surface area (Å²) >= 11 is 0. The van der Waals surface area contributed by atoms with Crippen molar-refractivity contribution in [2.24, 2.45) is 5.92 Å². The zero-order valence-electron chi connectivity index (χ0n) is 5.97. The molecule has 0 spiro atoms. The average molecular weight is 136 g/mol. The van der Waals surface area contributed by atoms with Crippen LogP contribution in [-0.4, -0.2) is 25.9 Å². The van der Waals surface area contributed by atoms with Gasteiger partial charge in [-0.1, -0.05) is 0 Å². The Hall–Kier alpha value is -0.595. The van der Waals surface area contributed by atoms with Gasteiger partial charge in [0.15, 0.2) is 0 Å². The molecular formula is C7H11BNO. The Morgan fingerprint density at radius 2 is 2.60 bits per heavy atom. The molecule has 1 aliphatic heterocycles. The van der Waals surface area contributed by atoms with Crippen LogP contribution < -0.4 is 5.32 Å². The molecule has 0 aromatic heterocycles. The summed E-state index contributed by atoms with van der Waals surface area (Å²) in [5.74, 6) is 2.03. The van der Waals surface area contributed by atoms with Gasteiger partial charge in [-0.25, -0.2) is 0 Å². The van der Waals surface area contributed by atoms with E-state index in [-0.39, 0.29) is 11.8 Å². The molecule has 1 N–H and O–H groups in total. The van der Waals surface area contributed by atoms with E-state index in [2.05, 4.69) is 5.32 Å². The number of carbonyl (C=O) groups excluding carboxylic acids is 1. The van der Waals surface area contributed by atoms with Crippen LogP contribution in [-0.2, 0) is 4.79 Å². The Balaban J connectivity index is 2.26. The third-order valence-corrected chi connectivity index (χ3v) is 1.84. The van der Waals surface area contributed by atoms with Gasteiger partial charge in [0.2, 0.25) is 0 Å². The number of carbonyl (C=O) groups is 1. The molecule has 0 aliphatic carbocycles. The van der Waals surface area contributed by atoms with E-state index in [9.17, 15) is 4.79 Å². The van der Waals surface area contributed by atoms with Crippen LogP contribution in [0.4, 0.5) is 0 Å². The van der Waals surface area contributed by atoms with Crippen LogP contribution in [0.25, 0.3) is 0 Å². The zero-order valence-corrected chi connectivity index (χ0v) is 5.97. The Kier molecular flexibility index (Phi) is 2.66. The van der Waals surface area contributed by atoms with Crippen molar-refractivity contribution in [1.29, 1.82) is 0 Å². The fourth-order valence-corrected chi connectivity index (χ4v) is 1.22. The summed E-state index contributed by atoms with van der Waals surface area (Å²) in [6.07, 6.45) is 2.73. The second kappa shape index (κ2) is 3.54. The summed E-state index contributed by atoms with van der Waals surface area (Å²) in [4.78, 5) is 10.9. The molecular weight excluding hydrogens is 125 g/mol. The summed E-state index contributed by atoms with van der Waals surface area (Å²) in [7, 11) is 5.20. The quantitative estimate of drug-likeness (QED) is 0.538. The van der Waals surface area contributed by atoms with Gasteiger partial charge < -0.3 is 0 Å². The van der Waals surface area contributed by atoms with Gasteiger partial charge in [-0.2, -0.15) is 0 Å². The van der Waals surface area contributed by atoms with Crippen molar-refractivity contribution in [3.8, 4) is 0 Å². The number of rotatable bonds is 3. The summed E-state index contributed by atoms with van der Waals surface area (Å²) in [6.45, 7) is 0.841. The fraction of sp³-hybridized carbons (Fsp3) is 0.714. The van der Waals surface area contributed by atoms with Gasteiger partial charge in [-0.3, -0.25) is 0 Å². The SMILES string of the molecule is [B]=CCCC1CCNC1=O. The van der Waals surface area contributed by atoms with Gasteiger partial charge >= 0.3 is 61.2 Å². The molecule has 1 rings (SSSR count). The maximum atomic E-state index is 10.9. The summed E-state index contributed by atoms with van der Waals surface area (Å²) in [6, 6.07) is 0. The topological polar surface area (TPSA) is 29.1 Å². The molecule has 0 aromatic rings. The average Bonchev–Trinajstić information content (AvgIpc) is 2.31. The molecule has 1 amide bonds. The van der Waals surface area contributed by atoms with Crippen LogP contribution in [0.2, 0.25) is 0 Å². The van der Waals surface area contributed by atoms with Crippen molar-refractivity contribution in [2.45, 2.75) is 19.3 Å². The Morgan fingerprint density at radius 3 is 3.10 bits per heavy atom. The van der Waals surface area contributed by atoms with Crippen molar-refractivity contribution < 1.29 is 4.79 Å². The number of hydrogen-bond acceptors (Lipinski definition) is 1. The Bertz CT molecular complexity index is 147. The first-order chi connectivity index (χ1) is 4.84. The van der Waals surface area contributed by atoms with Gasteiger partial charge in [0.25, 0.3) is 0 Å². The minimum atomic E-state index is 0.196. The van der Waals surface area contributed by atoms with E-state index in [0.29, 0.717) is 0 Å². The first-order valence-corrected chi connectivity index (χ1v) is 3.65. The fourth-order valence-electron chi connectivity index (χ4n) is 1.22. The van der Waals surface area contributed by atoms with E-state index in [4.69, 9.17) is 7.49 Å². The predicted molar refractivity (Wildman–Crippen MR) is 42.2 cm³/mol. The second-order valence-corrected chi connectivity index (χ2v) is 2.59.